The van der Waals surface area contributed by atoms with E-state index < -0.39 is 6.04 Å². The van der Waals surface area contributed by atoms with E-state index in [4.69, 9.17) is 0 Å². The largest absolute Gasteiger partial charge is 0.358 e. The van der Waals surface area contributed by atoms with E-state index in [1.165, 1.54) is 10.4 Å². The smallest absolute Gasteiger partial charge is 0.294 e. The first-order chi connectivity index (χ1) is 16.6. The maximum atomic E-state index is 13.5. The van der Waals surface area contributed by atoms with Gasteiger partial charge in [-0.3, -0.25) is 14.2 Å². The Morgan fingerprint density at radius 2 is 2.03 bits per heavy atom. The summed E-state index contributed by atoms with van der Waals surface area (Å²) in [5, 5.41) is 9.93. The minimum atomic E-state index is -0.502. The highest BCUT2D eigenvalue weighted by atomic mass is 32.1. The molecule has 2 aliphatic heterocycles. The van der Waals surface area contributed by atoms with Crippen molar-refractivity contribution in [1.82, 2.24) is 20.2 Å². The van der Waals surface area contributed by atoms with Gasteiger partial charge < -0.3 is 16.0 Å². The molecule has 8 heteroatoms. The lowest BCUT2D eigenvalue weighted by molar-refractivity contribution is -0.124. The van der Waals surface area contributed by atoms with Crippen molar-refractivity contribution in [3.05, 3.63) is 79.5 Å². The molecule has 176 valence electrons. The summed E-state index contributed by atoms with van der Waals surface area (Å²) in [6, 6.07) is 11.9. The summed E-state index contributed by atoms with van der Waals surface area (Å²) in [7, 11) is 0. The molecule has 1 aromatic carbocycles. The number of hydrogen-bond donors (Lipinski definition) is 3. The third-order valence-electron chi connectivity index (χ3n) is 7.21. The van der Waals surface area contributed by atoms with Gasteiger partial charge in [-0.25, -0.2) is 4.98 Å². The summed E-state index contributed by atoms with van der Waals surface area (Å²) in [4.78, 5) is 33.8. The van der Waals surface area contributed by atoms with Gasteiger partial charge in [0.1, 0.15) is 6.04 Å². The Hall–Kier alpha value is -2.97. The molecular weight excluding hydrogens is 446 g/mol. The minimum Gasteiger partial charge on any atom is -0.358 e. The number of carbonyl (C=O) groups is 1. The van der Waals surface area contributed by atoms with Crippen molar-refractivity contribution in [2.24, 2.45) is 5.92 Å². The van der Waals surface area contributed by atoms with E-state index in [-0.39, 0.29) is 23.6 Å². The summed E-state index contributed by atoms with van der Waals surface area (Å²) < 4.78 is 1.66. The van der Waals surface area contributed by atoms with E-state index in [0.717, 1.165) is 42.1 Å². The lowest BCUT2D eigenvalue weighted by atomic mass is 10.0. The number of hydrogen-bond acceptors (Lipinski definition) is 6. The molecule has 3 N–H and O–H groups in total. The molecule has 0 unspecified atom stereocenters. The Balaban J connectivity index is 1.22. The molecule has 34 heavy (non-hydrogen) atoms. The highest BCUT2D eigenvalue weighted by molar-refractivity contribution is 7.12. The molecule has 3 atom stereocenters. The van der Waals surface area contributed by atoms with Crippen LogP contribution < -0.4 is 21.5 Å². The Labute approximate surface area is 202 Å². The first-order valence-corrected chi connectivity index (χ1v) is 12.9. The second kappa shape index (κ2) is 8.67. The molecule has 1 saturated carbocycles. The van der Waals surface area contributed by atoms with Gasteiger partial charge in [0.2, 0.25) is 5.91 Å². The summed E-state index contributed by atoms with van der Waals surface area (Å²) in [6.45, 7) is 3.82. The van der Waals surface area contributed by atoms with Crippen molar-refractivity contribution < 1.29 is 4.79 Å². The van der Waals surface area contributed by atoms with E-state index in [1.54, 1.807) is 22.1 Å². The number of aromatic nitrogens is 2. The number of fused-ring (bicyclic) bond motifs is 2. The van der Waals surface area contributed by atoms with Crippen LogP contribution in [0.25, 0.3) is 0 Å². The van der Waals surface area contributed by atoms with Crippen LogP contribution in [0.2, 0.25) is 0 Å². The van der Waals surface area contributed by atoms with Crippen molar-refractivity contribution >= 4 is 23.1 Å². The number of carbonyl (C=O) groups excluding carboxylic acids is 1. The molecule has 6 rings (SSSR count). The van der Waals surface area contributed by atoms with Crippen molar-refractivity contribution in [2.75, 3.05) is 5.32 Å². The number of thiophene rings is 1. The summed E-state index contributed by atoms with van der Waals surface area (Å²) in [5.41, 5.74) is 3.12. The third-order valence-corrected chi connectivity index (χ3v) is 8.57. The fraction of sp³-hybridized carbons (Fsp3) is 0.423. The van der Waals surface area contributed by atoms with Gasteiger partial charge in [-0.2, -0.15) is 0 Å². The van der Waals surface area contributed by atoms with E-state index in [9.17, 15) is 9.59 Å². The van der Waals surface area contributed by atoms with Crippen LogP contribution in [0.3, 0.4) is 0 Å². The van der Waals surface area contributed by atoms with E-state index in [0.29, 0.717) is 24.6 Å². The Morgan fingerprint density at radius 1 is 1.21 bits per heavy atom. The molecule has 1 aliphatic carbocycles. The van der Waals surface area contributed by atoms with Crippen LogP contribution in [0.15, 0.2) is 47.4 Å². The zero-order valence-electron chi connectivity index (χ0n) is 19.2. The van der Waals surface area contributed by atoms with E-state index >= 15 is 0 Å². The fourth-order valence-corrected chi connectivity index (χ4v) is 6.35. The second-order valence-corrected chi connectivity index (χ2v) is 10.8. The monoisotopic (exact) mass is 475 g/mol. The van der Waals surface area contributed by atoms with Crippen LogP contribution >= 0.6 is 11.3 Å². The molecule has 0 radical (unpaired) electrons. The second-order valence-electron chi connectivity index (χ2n) is 9.63. The molecule has 0 bridgehead atoms. The Kier molecular flexibility index (Phi) is 5.50. The zero-order chi connectivity index (χ0) is 23.2. The van der Waals surface area contributed by atoms with E-state index in [2.05, 4.69) is 39.1 Å². The van der Waals surface area contributed by atoms with Gasteiger partial charge in [0.25, 0.3) is 5.56 Å². The highest BCUT2D eigenvalue weighted by Crippen LogP contribution is 2.42. The number of anilines is 1. The maximum absolute atomic E-state index is 13.5. The lowest BCUT2D eigenvalue weighted by Crippen LogP contribution is -2.37. The Bertz CT molecular complexity index is 1260. The number of amides is 1. The normalized spacial score (nSPS) is 20.4. The first-order valence-electron chi connectivity index (χ1n) is 12.1. The molecule has 2 aromatic heterocycles. The summed E-state index contributed by atoms with van der Waals surface area (Å²) in [6.07, 6.45) is 5.34. The molecule has 0 saturated heterocycles. The molecule has 3 aromatic rings. The lowest BCUT2D eigenvalue weighted by Gasteiger charge is -2.21. The van der Waals surface area contributed by atoms with Gasteiger partial charge in [0, 0.05) is 34.7 Å². The van der Waals surface area contributed by atoms with Crippen molar-refractivity contribution in [2.45, 2.75) is 63.8 Å². The minimum absolute atomic E-state index is 0.0593. The number of aryl methyl sites for hydroxylation is 1. The SMILES string of the molecule is C[C@@H](NC(=O)[C@@H]1CCc2cnc(N[C@@H](c3ccccc3)C3CC3)c(=O)n21)c1cc2c(s1)CNC2. The van der Waals surface area contributed by atoms with Crippen LogP contribution in [0, 0.1) is 5.92 Å². The maximum Gasteiger partial charge on any atom is 0.294 e. The standard InChI is InChI=1S/C26H29N5O2S/c1-15(21-11-18-12-27-14-22(18)34-21)29-25(32)20-10-9-19-13-28-24(26(33)31(19)20)30-23(17-7-8-17)16-5-3-2-4-6-16/h2-6,11,13,15,17,20,23,27H,7-10,12,14H2,1H3,(H,28,30)(H,29,32)/t15-,20+,23+/m1/s1. The van der Waals surface area contributed by atoms with Crippen molar-refractivity contribution in [3.8, 4) is 0 Å². The van der Waals surface area contributed by atoms with E-state index in [1.807, 2.05) is 25.1 Å². The first kappa shape index (κ1) is 21.6. The molecule has 4 heterocycles. The average Bonchev–Trinajstić information content (AvgIpc) is 3.24. The van der Waals surface area contributed by atoms with Crippen LogP contribution in [-0.2, 0) is 24.3 Å². The average molecular weight is 476 g/mol. The molecular formula is C26H29N5O2S. The zero-order valence-corrected chi connectivity index (χ0v) is 20.0. The molecule has 7 nitrogen and oxygen atoms in total. The number of rotatable bonds is 7. The Morgan fingerprint density at radius 3 is 2.79 bits per heavy atom. The number of benzene rings is 1. The van der Waals surface area contributed by atoms with Crippen LogP contribution in [-0.4, -0.2) is 15.5 Å². The highest BCUT2D eigenvalue weighted by Gasteiger charge is 2.35. The van der Waals surface area contributed by atoms with Gasteiger partial charge in [0.15, 0.2) is 5.82 Å². The predicted octanol–water partition coefficient (Wildman–Crippen LogP) is 3.84. The van der Waals surface area contributed by atoms with Gasteiger partial charge in [-0.15, -0.1) is 11.3 Å². The predicted molar refractivity (Wildman–Crippen MR) is 133 cm³/mol. The molecule has 3 aliphatic rings. The van der Waals surface area contributed by atoms with Gasteiger partial charge >= 0.3 is 0 Å². The van der Waals surface area contributed by atoms with Gasteiger partial charge in [-0.05, 0) is 55.7 Å². The fourth-order valence-electron chi connectivity index (χ4n) is 5.19. The van der Waals surface area contributed by atoms with Crippen LogP contribution in [0.1, 0.15) is 70.9 Å². The topological polar surface area (TPSA) is 88.1 Å². The number of nitrogens with one attached hydrogen (secondary N) is 3. The van der Waals surface area contributed by atoms with Crippen LogP contribution in [0.4, 0.5) is 5.82 Å². The van der Waals surface area contributed by atoms with Crippen molar-refractivity contribution in [1.29, 1.82) is 0 Å². The molecule has 0 spiro atoms. The van der Waals surface area contributed by atoms with Crippen LogP contribution in [0.5, 0.6) is 0 Å². The van der Waals surface area contributed by atoms with Crippen molar-refractivity contribution in [3.63, 3.8) is 0 Å². The third kappa shape index (κ3) is 3.95. The summed E-state index contributed by atoms with van der Waals surface area (Å²) >= 11 is 1.75. The molecule has 1 fully saturated rings. The van der Waals surface area contributed by atoms with Gasteiger partial charge in [-0.1, -0.05) is 30.3 Å². The quantitative estimate of drug-likeness (QED) is 0.483. The summed E-state index contributed by atoms with van der Waals surface area (Å²) in [5.74, 6) is 0.739. The van der Waals surface area contributed by atoms with Gasteiger partial charge in [0.05, 0.1) is 12.1 Å². The number of nitrogens with zero attached hydrogens (tertiary/aromatic N) is 2. The molecule has 1 amide bonds.